The van der Waals surface area contributed by atoms with E-state index in [-0.39, 0.29) is 12.3 Å². The topological polar surface area (TPSA) is 42.0 Å². The Labute approximate surface area is 173 Å². The fourth-order valence-corrected chi connectivity index (χ4v) is 4.70. The lowest BCUT2D eigenvalue weighted by atomic mass is 10.1. The van der Waals surface area contributed by atoms with Crippen molar-refractivity contribution in [3.63, 3.8) is 0 Å². The lowest BCUT2D eigenvalue weighted by Crippen LogP contribution is -2.24. The quantitative estimate of drug-likeness (QED) is 0.512. The van der Waals surface area contributed by atoms with Gasteiger partial charge in [-0.2, -0.15) is 0 Å². The van der Waals surface area contributed by atoms with Gasteiger partial charge in [0.25, 0.3) is 0 Å². The first-order valence-corrected chi connectivity index (χ1v) is 10.9. The molecule has 0 atom stereocenters. The van der Waals surface area contributed by atoms with Crippen LogP contribution in [0, 0.1) is 13.8 Å². The summed E-state index contributed by atoms with van der Waals surface area (Å²) in [6.45, 7) is 4.67. The molecule has 3 rings (SSSR count). The maximum absolute atomic E-state index is 12.2. The van der Waals surface area contributed by atoms with Gasteiger partial charge in [0.05, 0.1) is 12.1 Å². The summed E-state index contributed by atoms with van der Waals surface area (Å²) in [4.78, 5) is 16.8. The SMILES string of the molecule is Cc1ccc(C)c(CSc2nc(CC(=O)NCc3ccccc3Cl)cs2)c1. The van der Waals surface area contributed by atoms with Crippen LogP contribution in [0.15, 0.2) is 52.2 Å². The minimum absolute atomic E-state index is 0.0497. The van der Waals surface area contributed by atoms with Crippen molar-refractivity contribution in [2.45, 2.75) is 36.9 Å². The number of aromatic nitrogens is 1. The normalized spacial score (nSPS) is 10.8. The van der Waals surface area contributed by atoms with Crippen LogP contribution in [0.3, 0.4) is 0 Å². The van der Waals surface area contributed by atoms with Crippen molar-refractivity contribution >= 4 is 40.6 Å². The van der Waals surface area contributed by atoms with E-state index in [2.05, 4.69) is 42.3 Å². The Kier molecular flexibility index (Phi) is 6.94. The first-order valence-electron chi connectivity index (χ1n) is 8.64. The predicted molar refractivity (Wildman–Crippen MR) is 115 cm³/mol. The third-order valence-electron chi connectivity index (χ3n) is 4.16. The summed E-state index contributed by atoms with van der Waals surface area (Å²) in [5.74, 6) is 0.838. The Morgan fingerprint density at radius 3 is 2.81 bits per heavy atom. The van der Waals surface area contributed by atoms with Crippen LogP contribution in [0.2, 0.25) is 5.02 Å². The van der Waals surface area contributed by atoms with Crippen molar-refractivity contribution in [2.75, 3.05) is 0 Å². The highest BCUT2D eigenvalue weighted by molar-refractivity contribution is 8.00. The number of benzene rings is 2. The maximum Gasteiger partial charge on any atom is 0.226 e. The number of aryl methyl sites for hydroxylation is 2. The Morgan fingerprint density at radius 1 is 1.19 bits per heavy atom. The number of carbonyl (C=O) groups excluding carboxylic acids is 1. The molecular weight excluding hydrogens is 396 g/mol. The molecular formula is C21H21ClN2OS2. The first kappa shape index (κ1) is 19.9. The number of rotatable bonds is 7. The summed E-state index contributed by atoms with van der Waals surface area (Å²) >= 11 is 9.42. The molecule has 0 bridgehead atoms. The van der Waals surface area contributed by atoms with E-state index in [1.165, 1.54) is 16.7 Å². The van der Waals surface area contributed by atoms with E-state index in [0.29, 0.717) is 11.6 Å². The van der Waals surface area contributed by atoms with Crippen molar-refractivity contribution in [2.24, 2.45) is 0 Å². The van der Waals surface area contributed by atoms with Gasteiger partial charge in [0.1, 0.15) is 4.34 Å². The van der Waals surface area contributed by atoms with Gasteiger partial charge in [-0.1, -0.05) is 65.3 Å². The first-order chi connectivity index (χ1) is 13.0. The molecule has 0 aliphatic heterocycles. The Hall–Kier alpha value is -1.82. The highest BCUT2D eigenvalue weighted by Gasteiger charge is 2.10. The third kappa shape index (κ3) is 5.83. The molecule has 0 aliphatic rings. The fourth-order valence-electron chi connectivity index (χ4n) is 2.59. The molecule has 0 unspecified atom stereocenters. The van der Waals surface area contributed by atoms with Gasteiger partial charge in [-0.15, -0.1) is 11.3 Å². The van der Waals surface area contributed by atoms with Crippen molar-refractivity contribution in [1.29, 1.82) is 0 Å². The monoisotopic (exact) mass is 416 g/mol. The summed E-state index contributed by atoms with van der Waals surface area (Å²) in [5.41, 5.74) is 5.61. The summed E-state index contributed by atoms with van der Waals surface area (Å²) in [5, 5.41) is 5.53. The van der Waals surface area contributed by atoms with Crippen LogP contribution < -0.4 is 5.32 Å². The van der Waals surface area contributed by atoms with Gasteiger partial charge in [-0.3, -0.25) is 4.79 Å². The van der Waals surface area contributed by atoms with Crippen LogP contribution in [-0.2, 0) is 23.5 Å². The molecule has 1 aromatic heterocycles. The van der Waals surface area contributed by atoms with Crippen LogP contribution in [-0.4, -0.2) is 10.9 Å². The highest BCUT2D eigenvalue weighted by Crippen LogP contribution is 2.28. The second kappa shape index (κ2) is 9.40. The Morgan fingerprint density at radius 2 is 2.00 bits per heavy atom. The molecule has 0 aliphatic carbocycles. The lowest BCUT2D eigenvalue weighted by Gasteiger charge is -2.06. The molecule has 0 fully saturated rings. The fraction of sp³-hybridized carbons (Fsp3) is 0.238. The number of thioether (sulfide) groups is 1. The van der Waals surface area contributed by atoms with Gasteiger partial charge < -0.3 is 5.32 Å². The van der Waals surface area contributed by atoms with E-state index in [9.17, 15) is 4.79 Å². The number of nitrogens with one attached hydrogen (secondary N) is 1. The molecule has 2 aromatic carbocycles. The van der Waals surface area contributed by atoms with Gasteiger partial charge in [-0.25, -0.2) is 4.98 Å². The van der Waals surface area contributed by atoms with Gasteiger partial charge in [-0.05, 0) is 36.6 Å². The predicted octanol–water partition coefficient (Wildman–Crippen LogP) is 5.56. The highest BCUT2D eigenvalue weighted by atomic mass is 35.5. The third-order valence-corrected chi connectivity index (χ3v) is 6.65. The van der Waals surface area contributed by atoms with Crippen molar-refractivity contribution in [1.82, 2.24) is 10.3 Å². The van der Waals surface area contributed by atoms with Gasteiger partial charge in [0.15, 0.2) is 0 Å². The van der Waals surface area contributed by atoms with Crippen LogP contribution >= 0.6 is 34.7 Å². The molecule has 3 nitrogen and oxygen atoms in total. The summed E-state index contributed by atoms with van der Waals surface area (Å²) in [6, 6.07) is 14.0. The Bertz CT molecular complexity index is 939. The van der Waals surface area contributed by atoms with Crippen molar-refractivity contribution < 1.29 is 4.79 Å². The standard InChI is InChI=1S/C21H21ClN2OS2/c1-14-7-8-15(2)17(9-14)12-26-21-24-18(13-27-21)10-20(25)23-11-16-5-3-4-6-19(16)22/h3-9,13H,10-12H2,1-2H3,(H,23,25). The van der Waals surface area contributed by atoms with E-state index in [1.54, 1.807) is 23.1 Å². The summed E-state index contributed by atoms with van der Waals surface area (Å²) < 4.78 is 0.991. The van der Waals surface area contributed by atoms with E-state index in [0.717, 1.165) is 21.3 Å². The summed E-state index contributed by atoms with van der Waals surface area (Å²) in [6.07, 6.45) is 0.283. The molecule has 3 aromatic rings. The molecule has 0 spiro atoms. The number of hydrogen-bond acceptors (Lipinski definition) is 4. The zero-order chi connectivity index (χ0) is 19.2. The zero-order valence-electron chi connectivity index (χ0n) is 15.3. The molecule has 1 N–H and O–H groups in total. The number of amides is 1. The van der Waals surface area contributed by atoms with Gasteiger partial charge >= 0.3 is 0 Å². The molecule has 27 heavy (non-hydrogen) atoms. The van der Waals surface area contributed by atoms with E-state index >= 15 is 0 Å². The van der Waals surface area contributed by atoms with Gasteiger partial charge in [0, 0.05) is 22.7 Å². The molecule has 0 saturated heterocycles. The number of carbonyl (C=O) groups is 1. The van der Waals surface area contributed by atoms with Gasteiger partial charge in [0.2, 0.25) is 5.91 Å². The number of nitrogens with zero attached hydrogens (tertiary/aromatic N) is 1. The smallest absolute Gasteiger partial charge is 0.226 e. The van der Waals surface area contributed by atoms with Crippen LogP contribution in [0.5, 0.6) is 0 Å². The molecule has 0 saturated carbocycles. The van der Waals surface area contributed by atoms with E-state index in [4.69, 9.17) is 11.6 Å². The molecule has 1 heterocycles. The van der Waals surface area contributed by atoms with E-state index in [1.807, 2.05) is 29.6 Å². The number of halogens is 1. The van der Waals surface area contributed by atoms with Crippen LogP contribution in [0.4, 0.5) is 0 Å². The largest absolute Gasteiger partial charge is 0.352 e. The van der Waals surface area contributed by atoms with Crippen LogP contribution in [0.1, 0.15) is 27.9 Å². The van der Waals surface area contributed by atoms with Crippen molar-refractivity contribution in [3.8, 4) is 0 Å². The second-order valence-electron chi connectivity index (χ2n) is 6.37. The zero-order valence-corrected chi connectivity index (χ0v) is 17.7. The lowest BCUT2D eigenvalue weighted by molar-refractivity contribution is -0.120. The number of thiazole rings is 1. The summed E-state index contributed by atoms with van der Waals surface area (Å²) in [7, 11) is 0. The Balaban J connectivity index is 1.51. The van der Waals surface area contributed by atoms with E-state index < -0.39 is 0 Å². The minimum Gasteiger partial charge on any atom is -0.352 e. The average Bonchev–Trinajstić information content (AvgIpc) is 3.09. The number of hydrogen-bond donors (Lipinski definition) is 1. The van der Waals surface area contributed by atoms with Crippen LogP contribution in [0.25, 0.3) is 0 Å². The minimum atomic E-state index is -0.0497. The average molecular weight is 417 g/mol. The molecule has 0 radical (unpaired) electrons. The molecule has 140 valence electrons. The maximum atomic E-state index is 12.2. The molecule has 1 amide bonds. The second-order valence-corrected chi connectivity index (χ2v) is 8.86. The van der Waals surface area contributed by atoms with Crippen molar-refractivity contribution in [3.05, 3.63) is 80.8 Å². The molecule has 6 heteroatoms.